The van der Waals surface area contributed by atoms with Gasteiger partial charge in [0.25, 0.3) is 11.8 Å². The SMILES string of the molecule is C=C/C=C\C=C(/C=C)N1C(=O)C(C)C(=O)N1/C(C=C)=C/C=C(\C)OC. The van der Waals surface area contributed by atoms with Crippen molar-refractivity contribution in [1.82, 2.24) is 10.0 Å². The topological polar surface area (TPSA) is 49.9 Å². The van der Waals surface area contributed by atoms with E-state index in [0.717, 1.165) is 0 Å². The molecule has 132 valence electrons. The van der Waals surface area contributed by atoms with Gasteiger partial charge in [-0.3, -0.25) is 9.59 Å². The number of ether oxygens (including phenoxy) is 1. The fourth-order valence-corrected chi connectivity index (χ4v) is 2.11. The van der Waals surface area contributed by atoms with E-state index in [0.29, 0.717) is 17.2 Å². The van der Waals surface area contributed by atoms with E-state index >= 15 is 0 Å². The molecule has 1 fully saturated rings. The maximum atomic E-state index is 12.6. The lowest BCUT2D eigenvalue weighted by Crippen LogP contribution is -2.38. The van der Waals surface area contributed by atoms with Crippen LogP contribution >= 0.6 is 0 Å². The van der Waals surface area contributed by atoms with Crippen molar-refractivity contribution in [2.45, 2.75) is 13.8 Å². The molecule has 0 saturated carbocycles. The number of hydrogen-bond acceptors (Lipinski definition) is 3. The lowest BCUT2D eigenvalue weighted by Gasteiger charge is -2.29. The molecule has 5 heteroatoms. The largest absolute Gasteiger partial charge is 0.501 e. The summed E-state index contributed by atoms with van der Waals surface area (Å²) in [6.45, 7) is 14.4. The smallest absolute Gasteiger partial charge is 0.258 e. The molecular weight excluding hydrogens is 316 g/mol. The van der Waals surface area contributed by atoms with E-state index in [-0.39, 0.29) is 11.8 Å². The molecule has 0 bridgehead atoms. The van der Waals surface area contributed by atoms with Crippen molar-refractivity contribution in [3.05, 3.63) is 85.5 Å². The van der Waals surface area contributed by atoms with Gasteiger partial charge < -0.3 is 4.74 Å². The highest BCUT2D eigenvalue weighted by Crippen LogP contribution is 2.29. The molecule has 1 aliphatic heterocycles. The van der Waals surface area contributed by atoms with Crippen molar-refractivity contribution >= 4 is 11.8 Å². The van der Waals surface area contributed by atoms with Crippen molar-refractivity contribution in [3.8, 4) is 0 Å². The minimum absolute atomic E-state index is 0.330. The molecule has 1 rings (SSSR count). The number of carbonyl (C=O) groups is 2. The fraction of sp³-hybridized carbons (Fsp3) is 0.200. The van der Waals surface area contributed by atoms with Gasteiger partial charge in [-0.15, -0.1) is 0 Å². The average Bonchev–Trinajstić information content (AvgIpc) is 2.84. The third-order valence-electron chi connectivity index (χ3n) is 3.59. The van der Waals surface area contributed by atoms with Gasteiger partial charge in [0.05, 0.1) is 24.3 Å². The van der Waals surface area contributed by atoms with Gasteiger partial charge in [-0.25, -0.2) is 10.0 Å². The second-order valence-corrected chi connectivity index (χ2v) is 5.22. The molecule has 5 nitrogen and oxygen atoms in total. The van der Waals surface area contributed by atoms with Crippen LogP contribution in [0.3, 0.4) is 0 Å². The number of hydrazine groups is 1. The predicted molar refractivity (Wildman–Crippen MR) is 99.5 cm³/mol. The summed E-state index contributed by atoms with van der Waals surface area (Å²) in [5, 5.41) is 2.60. The number of rotatable bonds is 8. The molecule has 0 aromatic rings. The van der Waals surface area contributed by atoms with Crippen LogP contribution in [0.1, 0.15) is 13.8 Å². The standard InChI is InChI=1S/C20H24N2O3/c1-7-10-11-12-17(8-2)21-19(23)16(5)20(24)22(21)18(9-3)14-13-15(4)25-6/h7-14,16H,1-3H2,4-6H3/b11-10-,15-13+,17-12+,18-14+. The van der Waals surface area contributed by atoms with E-state index in [4.69, 9.17) is 4.74 Å². The number of nitrogens with zero attached hydrogens (tertiary/aromatic N) is 2. The molecule has 0 aromatic heterocycles. The third kappa shape index (κ3) is 4.47. The lowest BCUT2D eigenvalue weighted by molar-refractivity contribution is -0.138. The summed E-state index contributed by atoms with van der Waals surface area (Å²) in [6.07, 6.45) is 13.1. The Hall–Kier alpha value is -3.08. The Morgan fingerprint density at radius 1 is 0.960 bits per heavy atom. The zero-order chi connectivity index (χ0) is 19.0. The minimum Gasteiger partial charge on any atom is -0.501 e. The third-order valence-corrected chi connectivity index (χ3v) is 3.59. The Bertz CT molecular complexity index is 696. The molecule has 0 radical (unpaired) electrons. The van der Waals surface area contributed by atoms with Gasteiger partial charge >= 0.3 is 0 Å². The zero-order valence-electron chi connectivity index (χ0n) is 14.9. The Morgan fingerprint density at radius 3 is 1.92 bits per heavy atom. The second-order valence-electron chi connectivity index (χ2n) is 5.22. The number of amides is 2. The van der Waals surface area contributed by atoms with Crippen LogP contribution in [0.15, 0.2) is 85.5 Å². The molecule has 1 unspecified atom stereocenters. The summed E-state index contributed by atoms with van der Waals surface area (Å²) in [5.74, 6) is -0.795. The highest BCUT2D eigenvalue weighted by Gasteiger charge is 2.44. The van der Waals surface area contributed by atoms with Crippen molar-refractivity contribution in [2.24, 2.45) is 5.92 Å². The van der Waals surface area contributed by atoms with E-state index in [1.807, 2.05) is 0 Å². The summed E-state index contributed by atoms with van der Waals surface area (Å²) in [4.78, 5) is 25.2. The van der Waals surface area contributed by atoms with Crippen molar-refractivity contribution < 1.29 is 14.3 Å². The number of hydrogen-bond donors (Lipinski definition) is 0. The fourth-order valence-electron chi connectivity index (χ4n) is 2.11. The summed E-state index contributed by atoms with van der Waals surface area (Å²) < 4.78 is 5.09. The first kappa shape index (κ1) is 20.0. The van der Waals surface area contributed by atoms with E-state index in [9.17, 15) is 9.59 Å². The minimum atomic E-state index is -0.789. The van der Waals surface area contributed by atoms with E-state index in [1.54, 1.807) is 57.4 Å². The number of carbonyl (C=O) groups excluding carboxylic acids is 2. The molecule has 1 aliphatic rings. The van der Waals surface area contributed by atoms with Crippen LogP contribution in [0.4, 0.5) is 0 Å². The van der Waals surface area contributed by atoms with Gasteiger partial charge in [-0.1, -0.05) is 38.0 Å². The van der Waals surface area contributed by atoms with Gasteiger partial charge in [0.1, 0.15) is 5.92 Å². The van der Waals surface area contributed by atoms with Gasteiger partial charge in [0.15, 0.2) is 0 Å². The predicted octanol–water partition coefficient (Wildman–Crippen LogP) is 3.64. The maximum absolute atomic E-state index is 12.6. The first-order valence-corrected chi connectivity index (χ1v) is 7.77. The Morgan fingerprint density at radius 2 is 1.48 bits per heavy atom. The van der Waals surface area contributed by atoms with E-state index < -0.39 is 5.92 Å². The maximum Gasteiger partial charge on any atom is 0.258 e. The summed E-state index contributed by atoms with van der Waals surface area (Å²) in [7, 11) is 1.55. The molecule has 1 heterocycles. The summed E-state index contributed by atoms with van der Waals surface area (Å²) in [5.41, 5.74) is 0.931. The van der Waals surface area contributed by atoms with E-state index in [2.05, 4.69) is 19.7 Å². The first-order chi connectivity index (χ1) is 11.9. The van der Waals surface area contributed by atoms with Crippen LogP contribution in [0, 0.1) is 5.92 Å². The Labute approximate surface area is 149 Å². The van der Waals surface area contributed by atoms with Crippen LogP contribution in [-0.4, -0.2) is 28.9 Å². The van der Waals surface area contributed by atoms with Crippen molar-refractivity contribution in [1.29, 1.82) is 0 Å². The summed E-state index contributed by atoms with van der Waals surface area (Å²) >= 11 is 0. The second kappa shape index (κ2) is 9.27. The van der Waals surface area contributed by atoms with Gasteiger partial charge in [0.2, 0.25) is 0 Å². The first-order valence-electron chi connectivity index (χ1n) is 7.77. The Balaban J connectivity index is 3.43. The molecule has 25 heavy (non-hydrogen) atoms. The molecule has 1 atom stereocenters. The Kier molecular flexibility index (Phi) is 7.41. The molecule has 0 spiro atoms. The van der Waals surface area contributed by atoms with Crippen molar-refractivity contribution in [2.75, 3.05) is 7.11 Å². The van der Waals surface area contributed by atoms with Gasteiger partial charge in [0, 0.05) is 0 Å². The monoisotopic (exact) mass is 340 g/mol. The van der Waals surface area contributed by atoms with Gasteiger partial charge in [-0.2, -0.15) is 0 Å². The summed E-state index contributed by atoms with van der Waals surface area (Å²) in [6, 6.07) is 0. The van der Waals surface area contributed by atoms with Crippen LogP contribution in [-0.2, 0) is 14.3 Å². The highest BCUT2D eigenvalue weighted by molar-refractivity contribution is 6.06. The average molecular weight is 340 g/mol. The molecule has 1 saturated heterocycles. The molecule has 2 amide bonds. The van der Waals surface area contributed by atoms with Crippen LogP contribution in [0.5, 0.6) is 0 Å². The zero-order valence-corrected chi connectivity index (χ0v) is 14.9. The lowest BCUT2D eigenvalue weighted by atomic mass is 10.1. The van der Waals surface area contributed by atoms with Crippen LogP contribution in [0.25, 0.3) is 0 Å². The molecule has 0 aromatic carbocycles. The molecule has 0 aliphatic carbocycles. The highest BCUT2D eigenvalue weighted by atomic mass is 16.5. The quantitative estimate of drug-likeness (QED) is 0.385. The molecule has 0 N–H and O–H groups in total. The number of methoxy groups -OCH3 is 1. The van der Waals surface area contributed by atoms with E-state index in [1.165, 1.54) is 22.2 Å². The van der Waals surface area contributed by atoms with Crippen LogP contribution in [0.2, 0.25) is 0 Å². The van der Waals surface area contributed by atoms with Gasteiger partial charge in [-0.05, 0) is 44.2 Å². The van der Waals surface area contributed by atoms with Crippen molar-refractivity contribution in [3.63, 3.8) is 0 Å². The molecular formula is C20H24N2O3. The number of allylic oxidation sites excluding steroid dienone is 9. The van der Waals surface area contributed by atoms with Crippen LogP contribution < -0.4 is 0 Å². The normalized spacial score (nSPS) is 19.6.